The van der Waals surface area contributed by atoms with E-state index < -0.39 is 0 Å². The van der Waals surface area contributed by atoms with Gasteiger partial charge in [0.2, 0.25) is 11.8 Å². The fourth-order valence-corrected chi connectivity index (χ4v) is 2.68. The highest BCUT2D eigenvalue weighted by atomic mass is 16.5. The van der Waals surface area contributed by atoms with Crippen molar-refractivity contribution in [3.8, 4) is 0 Å². The number of nitrogens with one attached hydrogen (secondary N) is 1. The lowest BCUT2D eigenvalue weighted by atomic mass is 10.1. The molecule has 1 aliphatic rings. The normalized spacial score (nSPS) is 17.6. The fraction of sp³-hybridized carbons (Fsp3) is 0.353. The minimum absolute atomic E-state index is 0.0373. The number of carbonyl (C=O) groups excluding carboxylic acids is 2. The summed E-state index contributed by atoms with van der Waals surface area (Å²) in [4.78, 5) is 26.2. The molecule has 2 aromatic rings. The van der Waals surface area contributed by atoms with E-state index in [1.165, 1.54) is 5.56 Å². The molecule has 6 heteroatoms. The molecule has 23 heavy (non-hydrogen) atoms. The molecule has 0 radical (unpaired) electrons. The minimum atomic E-state index is -0.388. The summed E-state index contributed by atoms with van der Waals surface area (Å²) in [5, 5.41) is 6.43. The van der Waals surface area contributed by atoms with Gasteiger partial charge in [-0.05, 0) is 44.0 Å². The summed E-state index contributed by atoms with van der Waals surface area (Å²) in [6, 6.07) is 7.54. The predicted molar refractivity (Wildman–Crippen MR) is 86.2 cm³/mol. The molecule has 0 unspecified atom stereocenters. The van der Waals surface area contributed by atoms with Crippen molar-refractivity contribution < 1.29 is 14.1 Å². The van der Waals surface area contributed by atoms with Crippen molar-refractivity contribution in [1.29, 1.82) is 0 Å². The Hall–Kier alpha value is -2.63. The van der Waals surface area contributed by atoms with Crippen LogP contribution in [0, 0.1) is 26.7 Å². The maximum atomic E-state index is 12.3. The number of hydrogen-bond donors (Lipinski definition) is 1. The van der Waals surface area contributed by atoms with Gasteiger partial charge in [-0.2, -0.15) is 0 Å². The molecular formula is C17H19N3O3. The van der Waals surface area contributed by atoms with Crippen LogP contribution in [-0.4, -0.2) is 23.5 Å². The van der Waals surface area contributed by atoms with Gasteiger partial charge in [0.25, 0.3) is 0 Å². The number of aromatic nitrogens is 1. The molecule has 1 aromatic heterocycles. The predicted octanol–water partition coefficient (Wildman–Crippen LogP) is 2.59. The number of hydrogen-bond acceptors (Lipinski definition) is 4. The molecule has 1 saturated heterocycles. The summed E-state index contributed by atoms with van der Waals surface area (Å²) in [7, 11) is 0. The van der Waals surface area contributed by atoms with Crippen LogP contribution in [0.1, 0.15) is 23.3 Å². The SMILES string of the molecule is Cc1cc(NC(=O)[C@H]2CC(=O)N(c3ccc(C)c(C)c3)C2)no1. The number of aryl methyl sites for hydroxylation is 3. The van der Waals surface area contributed by atoms with E-state index in [0.717, 1.165) is 11.3 Å². The summed E-state index contributed by atoms with van der Waals surface area (Å²) in [5.41, 5.74) is 3.14. The van der Waals surface area contributed by atoms with Crippen LogP contribution in [0.25, 0.3) is 0 Å². The quantitative estimate of drug-likeness (QED) is 0.945. The van der Waals surface area contributed by atoms with Gasteiger partial charge in [-0.15, -0.1) is 0 Å². The molecule has 1 aliphatic heterocycles. The Balaban J connectivity index is 1.71. The van der Waals surface area contributed by atoms with Gasteiger partial charge in [0.15, 0.2) is 5.82 Å². The van der Waals surface area contributed by atoms with E-state index in [1.54, 1.807) is 17.9 Å². The highest BCUT2D eigenvalue weighted by molar-refractivity contribution is 6.03. The first-order chi connectivity index (χ1) is 10.9. The number of nitrogens with zero attached hydrogens (tertiary/aromatic N) is 2. The van der Waals surface area contributed by atoms with Crippen LogP contribution in [0.5, 0.6) is 0 Å². The Labute approximate surface area is 134 Å². The summed E-state index contributed by atoms with van der Waals surface area (Å²) >= 11 is 0. The van der Waals surface area contributed by atoms with Gasteiger partial charge >= 0.3 is 0 Å². The van der Waals surface area contributed by atoms with Crippen LogP contribution in [0.4, 0.5) is 11.5 Å². The molecule has 1 aromatic carbocycles. The van der Waals surface area contributed by atoms with Crippen LogP contribution in [0.3, 0.4) is 0 Å². The summed E-state index contributed by atoms with van der Waals surface area (Å²) < 4.78 is 4.92. The number of carbonyl (C=O) groups is 2. The Morgan fingerprint density at radius 1 is 1.26 bits per heavy atom. The van der Waals surface area contributed by atoms with Crippen molar-refractivity contribution in [3.63, 3.8) is 0 Å². The summed E-state index contributed by atoms with van der Waals surface area (Å²) in [6.45, 7) is 6.17. The minimum Gasteiger partial charge on any atom is -0.360 e. The lowest BCUT2D eigenvalue weighted by Gasteiger charge is -2.17. The van der Waals surface area contributed by atoms with E-state index in [1.807, 2.05) is 32.0 Å². The van der Waals surface area contributed by atoms with Gasteiger partial charge in [-0.1, -0.05) is 11.2 Å². The van der Waals surface area contributed by atoms with Crippen LogP contribution in [0.2, 0.25) is 0 Å². The lowest BCUT2D eigenvalue weighted by molar-refractivity contribution is -0.122. The summed E-state index contributed by atoms with van der Waals surface area (Å²) in [5.74, 6) is 0.368. The zero-order valence-corrected chi connectivity index (χ0v) is 13.4. The number of rotatable bonds is 3. The third-order valence-corrected chi connectivity index (χ3v) is 4.18. The second-order valence-electron chi connectivity index (χ2n) is 5.99. The van der Waals surface area contributed by atoms with Crippen molar-refractivity contribution in [3.05, 3.63) is 41.2 Å². The van der Waals surface area contributed by atoms with Crippen molar-refractivity contribution in [2.75, 3.05) is 16.8 Å². The first kappa shape index (κ1) is 15.3. The van der Waals surface area contributed by atoms with Crippen LogP contribution < -0.4 is 10.2 Å². The molecule has 2 amide bonds. The zero-order chi connectivity index (χ0) is 16.6. The fourth-order valence-electron chi connectivity index (χ4n) is 2.68. The maximum Gasteiger partial charge on any atom is 0.231 e. The summed E-state index contributed by atoms with van der Waals surface area (Å²) in [6.07, 6.45) is 0.204. The van der Waals surface area contributed by atoms with Crippen molar-refractivity contribution in [2.24, 2.45) is 5.92 Å². The molecule has 0 aliphatic carbocycles. The average molecular weight is 313 g/mol. The van der Waals surface area contributed by atoms with Crippen LogP contribution in [0.15, 0.2) is 28.8 Å². The van der Waals surface area contributed by atoms with Crippen LogP contribution >= 0.6 is 0 Å². The zero-order valence-electron chi connectivity index (χ0n) is 13.4. The van der Waals surface area contributed by atoms with Crippen molar-refractivity contribution in [1.82, 2.24) is 5.16 Å². The van der Waals surface area contributed by atoms with E-state index in [-0.39, 0.29) is 24.2 Å². The molecular weight excluding hydrogens is 294 g/mol. The third-order valence-electron chi connectivity index (χ3n) is 4.18. The molecule has 1 N–H and O–H groups in total. The number of amides is 2. The van der Waals surface area contributed by atoms with Gasteiger partial charge < -0.3 is 14.7 Å². The van der Waals surface area contributed by atoms with Gasteiger partial charge in [0.1, 0.15) is 5.76 Å². The molecule has 0 saturated carbocycles. The first-order valence-corrected chi connectivity index (χ1v) is 7.56. The highest BCUT2D eigenvalue weighted by Gasteiger charge is 2.35. The second kappa shape index (κ2) is 5.87. The molecule has 6 nitrogen and oxygen atoms in total. The van der Waals surface area contributed by atoms with E-state index in [0.29, 0.717) is 18.1 Å². The molecule has 3 rings (SSSR count). The van der Waals surface area contributed by atoms with Gasteiger partial charge in [0.05, 0.1) is 5.92 Å². The lowest BCUT2D eigenvalue weighted by Crippen LogP contribution is -2.28. The molecule has 1 atom stereocenters. The van der Waals surface area contributed by atoms with E-state index in [4.69, 9.17) is 4.52 Å². The standard InChI is InChI=1S/C17H19N3O3/c1-10-4-5-14(6-11(10)2)20-9-13(8-16(20)21)17(22)18-15-7-12(3)23-19-15/h4-7,13H,8-9H2,1-3H3,(H,18,19,22)/t13-/m0/s1. The van der Waals surface area contributed by atoms with E-state index in [9.17, 15) is 9.59 Å². The van der Waals surface area contributed by atoms with Gasteiger partial charge in [0, 0.05) is 24.7 Å². The Kier molecular flexibility index (Phi) is 3.90. The Morgan fingerprint density at radius 2 is 2.04 bits per heavy atom. The maximum absolute atomic E-state index is 12.3. The Morgan fingerprint density at radius 3 is 2.70 bits per heavy atom. The Bertz CT molecular complexity index is 766. The van der Waals surface area contributed by atoms with Crippen molar-refractivity contribution >= 4 is 23.3 Å². The molecule has 1 fully saturated rings. The van der Waals surface area contributed by atoms with E-state index >= 15 is 0 Å². The monoisotopic (exact) mass is 313 g/mol. The smallest absolute Gasteiger partial charge is 0.231 e. The molecule has 0 bridgehead atoms. The highest BCUT2D eigenvalue weighted by Crippen LogP contribution is 2.27. The molecule has 120 valence electrons. The van der Waals surface area contributed by atoms with Gasteiger partial charge in [-0.25, -0.2) is 0 Å². The van der Waals surface area contributed by atoms with Gasteiger partial charge in [-0.3, -0.25) is 9.59 Å². The number of anilines is 2. The van der Waals surface area contributed by atoms with E-state index in [2.05, 4.69) is 10.5 Å². The molecule has 2 heterocycles. The molecule has 0 spiro atoms. The first-order valence-electron chi connectivity index (χ1n) is 7.56. The third kappa shape index (κ3) is 3.11. The average Bonchev–Trinajstić information content (AvgIpc) is 3.08. The van der Waals surface area contributed by atoms with Crippen molar-refractivity contribution in [2.45, 2.75) is 27.2 Å². The second-order valence-corrected chi connectivity index (χ2v) is 5.99. The largest absolute Gasteiger partial charge is 0.360 e. The van der Waals surface area contributed by atoms with Crippen LogP contribution in [-0.2, 0) is 9.59 Å². The topological polar surface area (TPSA) is 75.4 Å². The number of benzene rings is 1.